The van der Waals surface area contributed by atoms with Crippen LogP contribution in [-0.2, 0) is 10.0 Å². The molecule has 0 aliphatic carbocycles. The van der Waals surface area contributed by atoms with Crippen molar-refractivity contribution in [3.63, 3.8) is 0 Å². The second kappa shape index (κ2) is 5.95. The van der Waals surface area contributed by atoms with Gasteiger partial charge in [0.2, 0.25) is 10.0 Å². The Bertz CT molecular complexity index is 755. The normalized spacial score (nSPS) is 27.4. The lowest BCUT2D eigenvalue weighted by molar-refractivity contribution is 0.0909. The summed E-state index contributed by atoms with van der Waals surface area (Å²) in [5.74, 6) is -0.209. The molecule has 1 amide bonds. The molecule has 2 atom stereocenters. The van der Waals surface area contributed by atoms with Gasteiger partial charge >= 0.3 is 0 Å². The van der Waals surface area contributed by atoms with E-state index in [1.54, 1.807) is 28.6 Å². The lowest BCUT2D eigenvalue weighted by Crippen LogP contribution is -2.52. The molecule has 0 unspecified atom stereocenters. The Balaban J connectivity index is 1.69. The van der Waals surface area contributed by atoms with Crippen LogP contribution in [0.25, 0.3) is 0 Å². The number of fused-ring (bicyclic) bond motifs is 2. The van der Waals surface area contributed by atoms with Crippen molar-refractivity contribution in [3.05, 3.63) is 35.4 Å². The molecule has 0 saturated carbocycles. The van der Waals surface area contributed by atoms with Gasteiger partial charge in [-0.15, -0.1) is 0 Å². The Hall–Kier alpha value is -1.91. The van der Waals surface area contributed by atoms with Crippen molar-refractivity contribution >= 4 is 15.9 Å². The first-order chi connectivity index (χ1) is 10.9. The quantitative estimate of drug-likeness (QED) is 0.901. The smallest absolute Gasteiger partial charge is 0.251 e. The predicted octanol–water partition coefficient (Wildman–Crippen LogP) is 1.24. The monoisotopic (exact) mass is 333 g/mol. The highest BCUT2D eigenvalue weighted by Gasteiger charge is 2.45. The number of sulfonamides is 1. The van der Waals surface area contributed by atoms with Crippen LogP contribution in [0.4, 0.5) is 0 Å². The largest absolute Gasteiger partial charge is 0.349 e. The van der Waals surface area contributed by atoms with E-state index in [0.29, 0.717) is 24.0 Å². The Morgan fingerprint density at radius 2 is 1.96 bits per heavy atom. The number of nitriles is 1. The molecule has 23 heavy (non-hydrogen) atoms. The molecule has 0 spiro atoms. The van der Waals surface area contributed by atoms with Crippen molar-refractivity contribution in [2.45, 2.75) is 43.8 Å². The molecule has 3 rings (SSSR count). The molecule has 2 heterocycles. The number of carbonyl (C=O) groups is 1. The third-order valence-corrected chi connectivity index (χ3v) is 6.00. The fourth-order valence-corrected chi connectivity index (χ4v) is 5.26. The molecule has 122 valence electrons. The van der Waals surface area contributed by atoms with Crippen molar-refractivity contribution in [3.8, 4) is 6.07 Å². The predicted molar refractivity (Wildman–Crippen MR) is 85.1 cm³/mol. The number of piperidine rings is 1. The second-order valence-corrected chi connectivity index (χ2v) is 8.20. The van der Waals surface area contributed by atoms with Gasteiger partial charge in [0, 0.05) is 23.7 Å². The summed E-state index contributed by atoms with van der Waals surface area (Å²) in [4.78, 5) is 12.3. The molecule has 1 aromatic rings. The topological polar surface area (TPSA) is 90.3 Å². The SMILES string of the molecule is CS(=O)(=O)N1[C@H]2CC[C@H]1CC(NC(=O)c1cccc(C#N)c1)C2. The Morgan fingerprint density at radius 1 is 1.30 bits per heavy atom. The highest BCUT2D eigenvalue weighted by atomic mass is 32.2. The average Bonchev–Trinajstić information content (AvgIpc) is 2.80. The van der Waals surface area contributed by atoms with E-state index in [0.717, 1.165) is 12.8 Å². The van der Waals surface area contributed by atoms with E-state index < -0.39 is 10.0 Å². The van der Waals surface area contributed by atoms with E-state index in [2.05, 4.69) is 5.32 Å². The number of amides is 1. The van der Waals surface area contributed by atoms with Crippen LogP contribution in [0.2, 0.25) is 0 Å². The maximum atomic E-state index is 12.3. The number of benzene rings is 1. The number of hydrogen-bond acceptors (Lipinski definition) is 4. The molecular weight excluding hydrogens is 314 g/mol. The third-order valence-electron chi connectivity index (χ3n) is 4.64. The number of carbonyl (C=O) groups excluding carboxylic acids is 1. The first-order valence-corrected chi connectivity index (χ1v) is 9.53. The van der Waals surface area contributed by atoms with Crippen LogP contribution in [0.3, 0.4) is 0 Å². The third kappa shape index (κ3) is 3.23. The van der Waals surface area contributed by atoms with Gasteiger partial charge in [-0.3, -0.25) is 4.79 Å². The summed E-state index contributed by atoms with van der Waals surface area (Å²) in [6, 6.07) is 8.55. The summed E-state index contributed by atoms with van der Waals surface area (Å²) in [6.45, 7) is 0. The molecule has 2 aliphatic heterocycles. The zero-order chi connectivity index (χ0) is 16.6. The van der Waals surface area contributed by atoms with Gasteiger partial charge in [-0.2, -0.15) is 9.57 Å². The summed E-state index contributed by atoms with van der Waals surface area (Å²) >= 11 is 0. The van der Waals surface area contributed by atoms with Gasteiger partial charge in [-0.05, 0) is 43.9 Å². The fraction of sp³-hybridized carbons (Fsp3) is 0.500. The van der Waals surface area contributed by atoms with Crippen LogP contribution < -0.4 is 5.32 Å². The van der Waals surface area contributed by atoms with E-state index >= 15 is 0 Å². The van der Waals surface area contributed by atoms with E-state index in [-0.39, 0.29) is 24.0 Å². The summed E-state index contributed by atoms with van der Waals surface area (Å²) in [6.07, 6.45) is 4.26. The van der Waals surface area contributed by atoms with Crippen LogP contribution in [0.5, 0.6) is 0 Å². The molecule has 0 aromatic heterocycles. The second-order valence-electron chi connectivity index (χ2n) is 6.31. The fourth-order valence-electron chi connectivity index (χ4n) is 3.79. The minimum absolute atomic E-state index is 0.0144. The van der Waals surface area contributed by atoms with E-state index in [1.165, 1.54) is 6.26 Å². The Labute approximate surface area is 136 Å². The van der Waals surface area contributed by atoms with Crippen LogP contribution in [-0.4, -0.2) is 43.0 Å². The van der Waals surface area contributed by atoms with Gasteiger partial charge < -0.3 is 5.32 Å². The van der Waals surface area contributed by atoms with Gasteiger partial charge in [0.05, 0.1) is 17.9 Å². The van der Waals surface area contributed by atoms with E-state index in [1.807, 2.05) is 6.07 Å². The Kier molecular flexibility index (Phi) is 4.13. The molecule has 2 aliphatic rings. The van der Waals surface area contributed by atoms with Gasteiger partial charge in [-0.25, -0.2) is 8.42 Å². The maximum Gasteiger partial charge on any atom is 0.251 e. The zero-order valence-electron chi connectivity index (χ0n) is 12.9. The van der Waals surface area contributed by atoms with Gasteiger partial charge in [0.1, 0.15) is 0 Å². The molecule has 2 fully saturated rings. The summed E-state index contributed by atoms with van der Waals surface area (Å²) in [5.41, 5.74) is 0.909. The number of nitrogens with one attached hydrogen (secondary N) is 1. The number of hydrogen-bond donors (Lipinski definition) is 1. The number of rotatable bonds is 3. The van der Waals surface area contributed by atoms with Gasteiger partial charge in [0.25, 0.3) is 5.91 Å². The van der Waals surface area contributed by atoms with E-state index in [9.17, 15) is 13.2 Å². The Morgan fingerprint density at radius 3 is 2.52 bits per heavy atom. The van der Waals surface area contributed by atoms with Gasteiger partial charge in [0.15, 0.2) is 0 Å². The summed E-state index contributed by atoms with van der Waals surface area (Å²) < 4.78 is 25.4. The first-order valence-electron chi connectivity index (χ1n) is 7.68. The number of nitrogens with zero attached hydrogens (tertiary/aromatic N) is 2. The maximum absolute atomic E-state index is 12.3. The van der Waals surface area contributed by atoms with Crippen LogP contribution in [0, 0.1) is 11.3 Å². The minimum Gasteiger partial charge on any atom is -0.349 e. The van der Waals surface area contributed by atoms with E-state index in [4.69, 9.17) is 5.26 Å². The summed E-state index contributed by atoms with van der Waals surface area (Å²) in [7, 11) is -3.19. The molecule has 2 bridgehead atoms. The van der Waals surface area contributed by atoms with Crippen LogP contribution in [0.15, 0.2) is 24.3 Å². The standard InChI is InChI=1S/C16H19N3O3S/c1-23(21,22)19-14-5-6-15(19)9-13(8-14)18-16(20)12-4-2-3-11(7-12)10-17/h2-4,7,13-15H,5-6,8-9H2,1H3,(H,18,20)/t14-,15-/m0/s1. The van der Waals surface area contributed by atoms with Gasteiger partial charge in [-0.1, -0.05) is 6.07 Å². The average molecular weight is 333 g/mol. The lowest BCUT2D eigenvalue weighted by atomic mass is 9.99. The molecule has 7 heteroatoms. The van der Waals surface area contributed by atoms with Crippen molar-refractivity contribution in [1.82, 2.24) is 9.62 Å². The highest BCUT2D eigenvalue weighted by molar-refractivity contribution is 7.88. The summed E-state index contributed by atoms with van der Waals surface area (Å²) in [5, 5.41) is 11.9. The molecule has 6 nitrogen and oxygen atoms in total. The highest BCUT2D eigenvalue weighted by Crippen LogP contribution is 2.37. The lowest BCUT2D eigenvalue weighted by Gasteiger charge is -2.37. The van der Waals surface area contributed by atoms with Crippen molar-refractivity contribution in [1.29, 1.82) is 5.26 Å². The van der Waals surface area contributed by atoms with Crippen molar-refractivity contribution in [2.75, 3.05) is 6.26 Å². The zero-order valence-corrected chi connectivity index (χ0v) is 13.7. The molecular formula is C16H19N3O3S. The molecule has 1 N–H and O–H groups in total. The van der Waals surface area contributed by atoms with Crippen molar-refractivity contribution in [2.24, 2.45) is 0 Å². The molecule has 0 radical (unpaired) electrons. The minimum atomic E-state index is -3.19. The molecule has 2 saturated heterocycles. The van der Waals surface area contributed by atoms with Crippen LogP contribution in [0.1, 0.15) is 41.6 Å². The van der Waals surface area contributed by atoms with Crippen LogP contribution >= 0.6 is 0 Å². The molecule has 1 aromatic carbocycles. The van der Waals surface area contributed by atoms with Crippen molar-refractivity contribution < 1.29 is 13.2 Å². The first kappa shape index (κ1) is 16.0.